The molecular formula is C11H15N3O2S. The monoisotopic (exact) mass is 253 g/mol. The number of anilines is 1. The lowest BCUT2D eigenvalue weighted by Crippen LogP contribution is -2.16. The molecule has 1 fully saturated rings. The smallest absolute Gasteiger partial charge is 0.339 e. The Labute approximate surface area is 104 Å². The molecule has 1 unspecified atom stereocenters. The third kappa shape index (κ3) is 3.09. The van der Waals surface area contributed by atoms with Crippen LogP contribution < -0.4 is 5.32 Å². The zero-order valence-corrected chi connectivity index (χ0v) is 10.5. The van der Waals surface area contributed by atoms with E-state index in [4.69, 9.17) is 5.11 Å². The molecule has 0 aromatic carbocycles. The summed E-state index contributed by atoms with van der Waals surface area (Å²) < 4.78 is 0. The van der Waals surface area contributed by atoms with Crippen LogP contribution in [0.25, 0.3) is 0 Å². The van der Waals surface area contributed by atoms with Crippen LogP contribution in [0.3, 0.4) is 0 Å². The highest BCUT2D eigenvalue weighted by molar-refractivity contribution is 8.00. The van der Waals surface area contributed by atoms with E-state index in [0.717, 1.165) is 6.54 Å². The Kier molecular flexibility index (Phi) is 3.83. The van der Waals surface area contributed by atoms with Gasteiger partial charge in [-0.2, -0.15) is 11.8 Å². The summed E-state index contributed by atoms with van der Waals surface area (Å²) in [4.78, 5) is 18.9. The van der Waals surface area contributed by atoms with Gasteiger partial charge in [-0.05, 0) is 25.5 Å². The summed E-state index contributed by atoms with van der Waals surface area (Å²) in [5.74, 6) is 0.755. The summed E-state index contributed by atoms with van der Waals surface area (Å²) in [5.41, 5.74) is 0.653. The van der Waals surface area contributed by atoms with Crippen molar-refractivity contribution >= 4 is 23.7 Å². The zero-order chi connectivity index (χ0) is 12.3. The van der Waals surface area contributed by atoms with E-state index in [9.17, 15) is 4.79 Å². The third-order valence-corrected chi connectivity index (χ3v) is 4.12. The highest BCUT2D eigenvalue weighted by Gasteiger charge is 2.16. The van der Waals surface area contributed by atoms with E-state index in [0.29, 0.717) is 16.9 Å². The molecule has 0 amide bonds. The number of aryl methyl sites for hydroxylation is 1. The van der Waals surface area contributed by atoms with E-state index in [1.54, 1.807) is 6.92 Å². The Morgan fingerprint density at radius 1 is 1.71 bits per heavy atom. The Bertz CT molecular complexity index is 419. The number of carbonyl (C=O) groups is 1. The summed E-state index contributed by atoms with van der Waals surface area (Å²) in [6.07, 6.45) is 3.85. The molecule has 5 nitrogen and oxygen atoms in total. The number of hydrogen-bond acceptors (Lipinski definition) is 5. The fourth-order valence-corrected chi connectivity index (χ4v) is 2.97. The number of carboxylic acid groups (broad SMARTS) is 1. The lowest BCUT2D eigenvalue weighted by atomic mass is 10.2. The molecule has 6 heteroatoms. The molecule has 2 heterocycles. The Morgan fingerprint density at radius 3 is 3.12 bits per heavy atom. The Hall–Kier alpha value is -1.30. The topological polar surface area (TPSA) is 75.1 Å². The minimum atomic E-state index is -0.986. The zero-order valence-electron chi connectivity index (χ0n) is 9.64. The van der Waals surface area contributed by atoms with Crippen molar-refractivity contribution in [2.75, 3.05) is 17.6 Å². The van der Waals surface area contributed by atoms with E-state index in [1.165, 1.54) is 24.8 Å². The van der Waals surface area contributed by atoms with E-state index < -0.39 is 5.97 Å². The van der Waals surface area contributed by atoms with Crippen LogP contribution in [0.15, 0.2) is 6.20 Å². The van der Waals surface area contributed by atoms with Crippen molar-refractivity contribution in [2.24, 2.45) is 0 Å². The van der Waals surface area contributed by atoms with Gasteiger partial charge in [0, 0.05) is 18.0 Å². The molecule has 1 aromatic rings. The quantitative estimate of drug-likeness (QED) is 0.852. The van der Waals surface area contributed by atoms with Crippen LogP contribution in [0.1, 0.15) is 28.9 Å². The molecule has 1 aliphatic rings. The average molecular weight is 253 g/mol. The van der Waals surface area contributed by atoms with Gasteiger partial charge in [-0.3, -0.25) is 0 Å². The lowest BCUT2D eigenvalue weighted by Gasteiger charge is -2.10. The highest BCUT2D eigenvalue weighted by atomic mass is 32.2. The number of nitrogens with zero attached hydrogens (tertiary/aromatic N) is 2. The molecule has 92 valence electrons. The molecule has 17 heavy (non-hydrogen) atoms. The summed E-state index contributed by atoms with van der Waals surface area (Å²) in [7, 11) is 0. The first-order valence-electron chi connectivity index (χ1n) is 5.59. The lowest BCUT2D eigenvalue weighted by molar-refractivity contribution is 0.0695. The molecule has 2 N–H and O–H groups in total. The van der Waals surface area contributed by atoms with Crippen LogP contribution in [0.5, 0.6) is 0 Å². The predicted molar refractivity (Wildman–Crippen MR) is 67.7 cm³/mol. The second-order valence-corrected chi connectivity index (χ2v) is 5.42. The van der Waals surface area contributed by atoms with E-state index >= 15 is 0 Å². The molecule has 0 radical (unpaired) electrons. The number of thioether (sulfide) groups is 1. The van der Waals surface area contributed by atoms with E-state index in [1.807, 2.05) is 11.8 Å². The number of hydrogen-bond donors (Lipinski definition) is 2. The van der Waals surface area contributed by atoms with Crippen molar-refractivity contribution in [3.8, 4) is 0 Å². The van der Waals surface area contributed by atoms with E-state index in [2.05, 4.69) is 15.3 Å². The largest absolute Gasteiger partial charge is 0.478 e. The second-order valence-electron chi connectivity index (χ2n) is 4.01. The van der Waals surface area contributed by atoms with Gasteiger partial charge in [-0.25, -0.2) is 14.8 Å². The first kappa shape index (κ1) is 12.2. The van der Waals surface area contributed by atoms with Crippen LogP contribution in [-0.2, 0) is 0 Å². The molecule has 1 aromatic heterocycles. The number of carboxylic acids is 1. The summed E-state index contributed by atoms with van der Waals surface area (Å²) >= 11 is 1.96. The first-order valence-corrected chi connectivity index (χ1v) is 6.64. The van der Waals surface area contributed by atoms with Gasteiger partial charge in [-0.15, -0.1) is 0 Å². The summed E-state index contributed by atoms with van der Waals surface area (Å²) in [6, 6.07) is 0. The third-order valence-electron chi connectivity index (χ3n) is 2.72. The predicted octanol–water partition coefficient (Wildman–Crippen LogP) is 1.79. The molecular weight excluding hydrogens is 238 g/mol. The molecule has 1 aliphatic heterocycles. The van der Waals surface area contributed by atoms with Crippen molar-refractivity contribution in [3.05, 3.63) is 17.5 Å². The summed E-state index contributed by atoms with van der Waals surface area (Å²) in [5, 5.41) is 12.6. The molecule has 0 bridgehead atoms. The number of aromatic carboxylic acids is 1. The van der Waals surface area contributed by atoms with Crippen molar-refractivity contribution in [1.82, 2.24) is 9.97 Å². The van der Waals surface area contributed by atoms with Gasteiger partial charge < -0.3 is 10.4 Å². The maximum atomic E-state index is 10.8. The van der Waals surface area contributed by atoms with Crippen molar-refractivity contribution in [1.29, 1.82) is 0 Å². The van der Waals surface area contributed by atoms with Crippen molar-refractivity contribution in [3.63, 3.8) is 0 Å². The number of rotatable bonds is 4. The van der Waals surface area contributed by atoms with Gasteiger partial charge in [0.05, 0.1) is 11.3 Å². The van der Waals surface area contributed by atoms with Crippen molar-refractivity contribution in [2.45, 2.75) is 25.0 Å². The van der Waals surface area contributed by atoms with Gasteiger partial charge in [-0.1, -0.05) is 0 Å². The molecule has 1 atom stereocenters. The van der Waals surface area contributed by atoms with Gasteiger partial charge in [0.2, 0.25) is 5.95 Å². The normalized spacial score (nSPS) is 19.2. The minimum absolute atomic E-state index is 0.158. The van der Waals surface area contributed by atoms with Gasteiger partial charge in [0.25, 0.3) is 0 Å². The van der Waals surface area contributed by atoms with Crippen LogP contribution in [0.2, 0.25) is 0 Å². The first-order chi connectivity index (χ1) is 8.16. The Morgan fingerprint density at radius 2 is 2.53 bits per heavy atom. The maximum absolute atomic E-state index is 10.8. The minimum Gasteiger partial charge on any atom is -0.478 e. The SMILES string of the molecule is Cc1nc(NCC2CCCS2)ncc1C(=O)O. The van der Waals surface area contributed by atoms with Crippen LogP contribution >= 0.6 is 11.8 Å². The maximum Gasteiger partial charge on any atom is 0.339 e. The molecule has 0 aliphatic carbocycles. The number of nitrogens with one attached hydrogen (secondary N) is 1. The fourth-order valence-electron chi connectivity index (χ4n) is 1.77. The highest BCUT2D eigenvalue weighted by Crippen LogP contribution is 2.25. The molecule has 0 saturated carbocycles. The molecule has 2 rings (SSSR count). The Balaban J connectivity index is 1.97. The van der Waals surface area contributed by atoms with E-state index in [-0.39, 0.29) is 5.56 Å². The van der Waals surface area contributed by atoms with Gasteiger partial charge in [0.15, 0.2) is 0 Å². The van der Waals surface area contributed by atoms with Crippen molar-refractivity contribution < 1.29 is 9.90 Å². The fraction of sp³-hybridized carbons (Fsp3) is 0.545. The molecule has 1 saturated heterocycles. The average Bonchev–Trinajstić information content (AvgIpc) is 2.78. The van der Waals surface area contributed by atoms with Gasteiger partial charge >= 0.3 is 5.97 Å². The van der Waals surface area contributed by atoms with Crippen LogP contribution in [-0.4, -0.2) is 38.6 Å². The van der Waals surface area contributed by atoms with Crippen LogP contribution in [0, 0.1) is 6.92 Å². The standard InChI is InChI=1S/C11H15N3O2S/c1-7-9(10(15)16)6-13-11(14-7)12-5-8-3-2-4-17-8/h6,8H,2-5H2,1H3,(H,15,16)(H,12,13,14). The molecule has 0 spiro atoms. The second kappa shape index (κ2) is 5.35. The van der Waals surface area contributed by atoms with Gasteiger partial charge in [0.1, 0.15) is 0 Å². The summed E-state index contributed by atoms with van der Waals surface area (Å²) in [6.45, 7) is 2.52. The number of aromatic nitrogens is 2. The van der Waals surface area contributed by atoms with Crippen LogP contribution in [0.4, 0.5) is 5.95 Å².